The Kier molecular flexibility index (Phi) is 5.19. The number of halogens is 1. The van der Waals surface area contributed by atoms with Crippen molar-refractivity contribution < 1.29 is 4.79 Å². The van der Waals surface area contributed by atoms with E-state index in [0.29, 0.717) is 11.6 Å². The Balaban J connectivity index is 1.79. The average molecular weight is 292 g/mol. The summed E-state index contributed by atoms with van der Waals surface area (Å²) in [5, 5.41) is 7.62. The standard InChI is InChI=1S/C15H14ClNOS/c16-14-4-2-1-3-13(14)5-6-15(18)17-9-7-12-8-10-19-11-12/h1-6,8,10-11H,7,9H2,(H,17,18)/b6-5+. The van der Waals surface area contributed by atoms with Gasteiger partial charge in [-0.2, -0.15) is 11.3 Å². The third kappa shape index (κ3) is 4.54. The molecule has 0 saturated heterocycles. The van der Waals surface area contributed by atoms with E-state index < -0.39 is 0 Å². The van der Waals surface area contributed by atoms with Crippen LogP contribution >= 0.6 is 22.9 Å². The van der Waals surface area contributed by atoms with Crippen molar-refractivity contribution in [2.45, 2.75) is 6.42 Å². The molecular weight excluding hydrogens is 278 g/mol. The summed E-state index contributed by atoms with van der Waals surface area (Å²) in [5.74, 6) is -0.102. The minimum Gasteiger partial charge on any atom is -0.352 e. The van der Waals surface area contributed by atoms with Gasteiger partial charge < -0.3 is 5.32 Å². The van der Waals surface area contributed by atoms with Crippen molar-refractivity contribution in [3.8, 4) is 0 Å². The summed E-state index contributed by atoms with van der Waals surface area (Å²) in [7, 11) is 0. The molecule has 0 aliphatic heterocycles. The first-order chi connectivity index (χ1) is 9.25. The summed E-state index contributed by atoms with van der Waals surface area (Å²) in [6.45, 7) is 0.641. The lowest BCUT2D eigenvalue weighted by molar-refractivity contribution is -0.116. The quantitative estimate of drug-likeness (QED) is 0.835. The highest BCUT2D eigenvalue weighted by Crippen LogP contribution is 2.15. The summed E-state index contributed by atoms with van der Waals surface area (Å²) in [5.41, 5.74) is 2.09. The van der Waals surface area contributed by atoms with E-state index in [1.165, 1.54) is 11.6 Å². The third-order valence-electron chi connectivity index (χ3n) is 2.61. The molecule has 0 saturated carbocycles. The lowest BCUT2D eigenvalue weighted by Crippen LogP contribution is -2.23. The smallest absolute Gasteiger partial charge is 0.244 e. The Hall–Kier alpha value is -1.58. The van der Waals surface area contributed by atoms with Crippen molar-refractivity contribution in [2.75, 3.05) is 6.54 Å². The lowest BCUT2D eigenvalue weighted by Gasteiger charge is -2.01. The van der Waals surface area contributed by atoms with Gasteiger partial charge in [0, 0.05) is 17.6 Å². The molecule has 0 bridgehead atoms. The molecule has 0 spiro atoms. The summed E-state index contributed by atoms with van der Waals surface area (Å²) >= 11 is 7.66. The zero-order chi connectivity index (χ0) is 13.5. The van der Waals surface area contributed by atoms with Gasteiger partial charge in [-0.3, -0.25) is 4.79 Å². The number of amides is 1. The largest absolute Gasteiger partial charge is 0.352 e. The van der Waals surface area contributed by atoms with Gasteiger partial charge in [0.2, 0.25) is 5.91 Å². The van der Waals surface area contributed by atoms with Crippen LogP contribution < -0.4 is 5.32 Å². The van der Waals surface area contributed by atoms with E-state index in [1.807, 2.05) is 23.6 Å². The number of hydrogen-bond donors (Lipinski definition) is 1. The molecule has 0 radical (unpaired) electrons. The highest BCUT2D eigenvalue weighted by molar-refractivity contribution is 7.07. The predicted molar refractivity (Wildman–Crippen MR) is 81.5 cm³/mol. The SMILES string of the molecule is O=C(/C=C/c1ccccc1Cl)NCCc1ccsc1. The molecule has 19 heavy (non-hydrogen) atoms. The van der Waals surface area contributed by atoms with Crippen LogP contribution in [0.15, 0.2) is 47.2 Å². The van der Waals surface area contributed by atoms with Crippen molar-refractivity contribution in [1.82, 2.24) is 5.32 Å². The first-order valence-electron chi connectivity index (χ1n) is 5.97. The Bertz CT molecular complexity index is 563. The van der Waals surface area contributed by atoms with Crippen molar-refractivity contribution in [2.24, 2.45) is 0 Å². The Morgan fingerprint density at radius 3 is 2.89 bits per heavy atom. The topological polar surface area (TPSA) is 29.1 Å². The number of hydrogen-bond acceptors (Lipinski definition) is 2. The van der Waals surface area contributed by atoms with Crippen molar-refractivity contribution in [1.29, 1.82) is 0 Å². The molecule has 0 aliphatic rings. The van der Waals surface area contributed by atoms with E-state index in [4.69, 9.17) is 11.6 Å². The number of rotatable bonds is 5. The second-order valence-electron chi connectivity index (χ2n) is 4.03. The molecule has 0 unspecified atom stereocenters. The first kappa shape index (κ1) is 13.8. The summed E-state index contributed by atoms with van der Waals surface area (Å²) < 4.78 is 0. The normalized spacial score (nSPS) is 10.8. The van der Waals surface area contributed by atoms with Gasteiger partial charge in [0.15, 0.2) is 0 Å². The second kappa shape index (κ2) is 7.12. The molecule has 98 valence electrons. The molecule has 1 aromatic heterocycles. The monoisotopic (exact) mass is 291 g/mol. The van der Waals surface area contributed by atoms with Crippen molar-refractivity contribution >= 4 is 34.9 Å². The van der Waals surface area contributed by atoms with Gasteiger partial charge in [-0.1, -0.05) is 29.8 Å². The summed E-state index contributed by atoms with van der Waals surface area (Å²) in [6, 6.07) is 9.49. The minimum absolute atomic E-state index is 0.102. The fourth-order valence-electron chi connectivity index (χ4n) is 1.60. The fourth-order valence-corrected chi connectivity index (χ4v) is 2.50. The molecule has 2 nitrogen and oxygen atoms in total. The van der Waals surface area contributed by atoms with E-state index in [-0.39, 0.29) is 5.91 Å². The Labute approximate surface area is 121 Å². The molecule has 1 N–H and O–H groups in total. The number of nitrogens with one attached hydrogen (secondary N) is 1. The maximum absolute atomic E-state index is 11.6. The van der Waals surface area contributed by atoms with Crippen molar-refractivity contribution in [3.05, 3.63) is 63.3 Å². The molecule has 0 aliphatic carbocycles. The van der Waals surface area contributed by atoms with Gasteiger partial charge in [0.25, 0.3) is 0 Å². The van der Waals surface area contributed by atoms with E-state index in [1.54, 1.807) is 23.5 Å². The molecular formula is C15H14ClNOS. The van der Waals surface area contributed by atoms with E-state index in [0.717, 1.165) is 12.0 Å². The van der Waals surface area contributed by atoms with Crippen LogP contribution in [0.5, 0.6) is 0 Å². The predicted octanol–water partition coefficient (Wildman–Crippen LogP) is 3.77. The third-order valence-corrected chi connectivity index (χ3v) is 3.69. The Morgan fingerprint density at radius 1 is 1.32 bits per heavy atom. The molecule has 1 aromatic carbocycles. The van der Waals surface area contributed by atoms with Gasteiger partial charge in [-0.15, -0.1) is 0 Å². The van der Waals surface area contributed by atoms with Crippen LogP contribution in [0.2, 0.25) is 5.02 Å². The van der Waals surface area contributed by atoms with Crippen LogP contribution in [0, 0.1) is 0 Å². The number of thiophene rings is 1. The molecule has 1 amide bonds. The minimum atomic E-state index is -0.102. The van der Waals surface area contributed by atoms with Crippen LogP contribution in [0.4, 0.5) is 0 Å². The maximum Gasteiger partial charge on any atom is 0.244 e. The Morgan fingerprint density at radius 2 is 2.16 bits per heavy atom. The number of carbonyl (C=O) groups is 1. The molecule has 1 heterocycles. The average Bonchev–Trinajstić information content (AvgIpc) is 2.91. The fraction of sp³-hybridized carbons (Fsp3) is 0.133. The van der Waals surface area contributed by atoms with Gasteiger partial charge in [0.05, 0.1) is 0 Å². The van der Waals surface area contributed by atoms with Crippen LogP contribution in [-0.4, -0.2) is 12.5 Å². The summed E-state index contributed by atoms with van der Waals surface area (Å²) in [6.07, 6.45) is 4.09. The summed E-state index contributed by atoms with van der Waals surface area (Å²) in [4.78, 5) is 11.6. The van der Waals surface area contributed by atoms with E-state index in [9.17, 15) is 4.79 Å². The molecule has 0 fully saturated rings. The van der Waals surface area contributed by atoms with Crippen LogP contribution in [0.1, 0.15) is 11.1 Å². The molecule has 2 rings (SSSR count). The van der Waals surface area contributed by atoms with Crippen LogP contribution in [0.3, 0.4) is 0 Å². The van der Waals surface area contributed by atoms with E-state index in [2.05, 4.69) is 16.8 Å². The number of carbonyl (C=O) groups excluding carboxylic acids is 1. The highest BCUT2D eigenvalue weighted by atomic mass is 35.5. The van der Waals surface area contributed by atoms with Crippen molar-refractivity contribution in [3.63, 3.8) is 0 Å². The molecule has 0 atom stereocenters. The lowest BCUT2D eigenvalue weighted by atomic mass is 10.2. The molecule has 2 aromatic rings. The second-order valence-corrected chi connectivity index (χ2v) is 5.21. The van der Waals surface area contributed by atoms with Crippen LogP contribution in [0.25, 0.3) is 6.08 Å². The van der Waals surface area contributed by atoms with Gasteiger partial charge in [0.1, 0.15) is 0 Å². The van der Waals surface area contributed by atoms with Gasteiger partial charge in [-0.25, -0.2) is 0 Å². The van der Waals surface area contributed by atoms with Crippen LogP contribution in [-0.2, 0) is 11.2 Å². The van der Waals surface area contributed by atoms with Gasteiger partial charge in [-0.05, 0) is 46.5 Å². The van der Waals surface area contributed by atoms with Gasteiger partial charge >= 0.3 is 0 Å². The molecule has 4 heteroatoms. The zero-order valence-electron chi connectivity index (χ0n) is 10.3. The maximum atomic E-state index is 11.6. The number of benzene rings is 1. The van der Waals surface area contributed by atoms with E-state index >= 15 is 0 Å². The highest BCUT2D eigenvalue weighted by Gasteiger charge is 1.98. The first-order valence-corrected chi connectivity index (χ1v) is 7.29. The zero-order valence-corrected chi connectivity index (χ0v) is 11.9.